The minimum atomic E-state index is -0.464. The smallest absolute Gasteiger partial charge is 0.0912 e. The predicted octanol–water partition coefficient (Wildman–Crippen LogP) is 3.67. The fourth-order valence-corrected chi connectivity index (χ4v) is 2.32. The molecule has 2 aromatic carbocycles. The van der Waals surface area contributed by atoms with Crippen molar-refractivity contribution in [3.63, 3.8) is 0 Å². The lowest BCUT2D eigenvalue weighted by Gasteiger charge is -2.18. The van der Waals surface area contributed by atoms with Crippen LogP contribution in [0.5, 0.6) is 0 Å². The first-order valence-electron chi connectivity index (χ1n) is 6.79. The molecule has 0 bridgehead atoms. The van der Waals surface area contributed by atoms with Crippen molar-refractivity contribution in [2.45, 2.75) is 11.8 Å². The topological polar surface area (TPSA) is 50.8 Å². The second kappa shape index (κ2) is 6.59. The van der Waals surface area contributed by atoms with Gasteiger partial charge in [-0.1, -0.05) is 42.5 Å². The Balaban J connectivity index is 2.35. The first kappa shape index (κ1) is 14.6. The number of rotatable bonds is 4. The maximum atomic E-state index is 9.51. The van der Waals surface area contributed by atoms with Gasteiger partial charge in [0.05, 0.1) is 24.0 Å². The molecule has 0 amide bonds. The maximum Gasteiger partial charge on any atom is 0.0912 e. The molecule has 2 atom stereocenters. The Bertz CT molecular complexity index is 660. The van der Waals surface area contributed by atoms with E-state index >= 15 is 0 Å². The zero-order valence-corrected chi connectivity index (χ0v) is 12.2. The molecular weight excluding hydrogens is 258 g/mol. The first-order valence-corrected chi connectivity index (χ1v) is 6.79. The molecule has 0 radical (unpaired) electrons. The molecular formula is C18H17N3. The molecule has 104 valence electrons. The molecule has 3 nitrogen and oxygen atoms in total. The Morgan fingerprint density at radius 1 is 0.762 bits per heavy atom. The number of anilines is 1. The highest BCUT2D eigenvalue weighted by Crippen LogP contribution is 2.32. The molecule has 2 rings (SSSR count). The monoisotopic (exact) mass is 275 g/mol. The summed E-state index contributed by atoms with van der Waals surface area (Å²) >= 11 is 0. The van der Waals surface area contributed by atoms with Gasteiger partial charge in [-0.15, -0.1) is 0 Å². The van der Waals surface area contributed by atoms with Gasteiger partial charge < -0.3 is 4.90 Å². The van der Waals surface area contributed by atoms with E-state index in [4.69, 9.17) is 0 Å². The normalized spacial score (nSPS) is 12.8. The molecule has 0 aliphatic heterocycles. The average Bonchev–Trinajstić information content (AvgIpc) is 2.53. The third kappa shape index (κ3) is 3.22. The van der Waals surface area contributed by atoms with Crippen LogP contribution in [0.25, 0.3) is 0 Å². The van der Waals surface area contributed by atoms with E-state index in [2.05, 4.69) is 12.1 Å². The molecule has 0 saturated carbocycles. The van der Waals surface area contributed by atoms with Gasteiger partial charge in [-0.05, 0) is 23.3 Å². The third-order valence-corrected chi connectivity index (χ3v) is 3.54. The lowest BCUT2D eigenvalue weighted by Crippen LogP contribution is -2.10. The molecule has 21 heavy (non-hydrogen) atoms. The first-order chi connectivity index (χ1) is 10.2. The van der Waals surface area contributed by atoms with Gasteiger partial charge in [-0.2, -0.15) is 10.5 Å². The summed E-state index contributed by atoms with van der Waals surface area (Å²) in [5, 5.41) is 19.0. The average molecular weight is 275 g/mol. The summed E-state index contributed by atoms with van der Waals surface area (Å²) in [6.07, 6.45) is 0. The van der Waals surface area contributed by atoms with Gasteiger partial charge in [0.25, 0.3) is 0 Å². The summed E-state index contributed by atoms with van der Waals surface area (Å²) < 4.78 is 0. The SMILES string of the molecule is CN(C)c1ccc(C(C#N)C(C#N)c2ccccc2)cc1. The van der Waals surface area contributed by atoms with E-state index in [1.807, 2.05) is 73.6 Å². The zero-order valence-electron chi connectivity index (χ0n) is 12.2. The molecule has 0 N–H and O–H groups in total. The Hall–Kier alpha value is -2.78. The van der Waals surface area contributed by atoms with E-state index < -0.39 is 11.8 Å². The Morgan fingerprint density at radius 3 is 1.67 bits per heavy atom. The lowest BCUT2D eigenvalue weighted by molar-refractivity contribution is 0.761. The Kier molecular flexibility index (Phi) is 4.59. The van der Waals surface area contributed by atoms with Gasteiger partial charge in [0.1, 0.15) is 0 Å². The molecule has 2 aromatic rings. The summed E-state index contributed by atoms with van der Waals surface area (Å²) in [6, 6.07) is 21.8. The number of hydrogen-bond donors (Lipinski definition) is 0. The van der Waals surface area contributed by atoms with Crippen molar-refractivity contribution >= 4 is 5.69 Å². The number of benzene rings is 2. The van der Waals surface area contributed by atoms with Crippen LogP contribution in [0, 0.1) is 22.7 Å². The van der Waals surface area contributed by atoms with Crippen molar-refractivity contribution in [1.29, 1.82) is 10.5 Å². The van der Waals surface area contributed by atoms with Gasteiger partial charge in [-0.3, -0.25) is 0 Å². The number of nitrogens with zero attached hydrogens (tertiary/aromatic N) is 3. The van der Waals surface area contributed by atoms with Gasteiger partial charge in [-0.25, -0.2) is 0 Å². The minimum Gasteiger partial charge on any atom is -0.378 e. The lowest BCUT2D eigenvalue weighted by atomic mass is 9.83. The van der Waals surface area contributed by atoms with Gasteiger partial charge in [0.15, 0.2) is 0 Å². The third-order valence-electron chi connectivity index (χ3n) is 3.54. The van der Waals surface area contributed by atoms with Gasteiger partial charge in [0.2, 0.25) is 0 Å². The fourth-order valence-electron chi connectivity index (χ4n) is 2.32. The summed E-state index contributed by atoms with van der Waals surface area (Å²) in [5.74, 6) is -0.921. The van der Waals surface area contributed by atoms with Crippen molar-refractivity contribution in [2.24, 2.45) is 0 Å². The van der Waals surface area contributed by atoms with Crippen LogP contribution in [-0.4, -0.2) is 14.1 Å². The van der Waals surface area contributed by atoms with Gasteiger partial charge in [0, 0.05) is 19.8 Å². The van der Waals surface area contributed by atoms with E-state index in [-0.39, 0.29) is 0 Å². The highest BCUT2D eigenvalue weighted by atomic mass is 15.1. The second-order valence-corrected chi connectivity index (χ2v) is 5.11. The Labute approximate surface area is 125 Å². The van der Waals surface area contributed by atoms with Crippen LogP contribution in [-0.2, 0) is 0 Å². The van der Waals surface area contributed by atoms with Crippen LogP contribution in [0.2, 0.25) is 0 Å². The van der Waals surface area contributed by atoms with Crippen LogP contribution in [0.4, 0.5) is 5.69 Å². The van der Waals surface area contributed by atoms with Crippen LogP contribution in [0.1, 0.15) is 23.0 Å². The number of hydrogen-bond acceptors (Lipinski definition) is 3. The van der Waals surface area contributed by atoms with E-state index in [0.717, 1.165) is 16.8 Å². The van der Waals surface area contributed by atoms with Crippen LogP contribution in [0.3, 0.4) is 0 Å². The van der Waals surface area contributed by atoms with Crippen LogP contribution >= 0.6 is 0 Å². The molecule has 0 aromatic heterocycles. The highest BCUT2D eigenvalue weighted by molar-refractivity contribution is 5.48. The molecule has 0 saturated heterocycles. The van der Waals surface area contributed by atoms with Crippen molar-refractivity contribution in [3.05, 3.63) is 65.7 Å². The zero-order chi connectivity index (χ0) is 15.2. The van der Waals surface area contributed by atoms with Crippen molar-refractivity contribution in [1.82, 2.24) is 0 Å². The molecule has 2 unspecified atom stereocenters. The molecule has 0 heterocycles. The minimum absolute atomic E-state index is 0.457. The van der Waals surface area contributed by atoms with Crippen LogP contribution < -0.4 is 4.90 Å². The summed E-state index contributed by atoms with van der Waals surface area (Å²) in [7, 11) is 3.94. The van der Waals surface area contributed by atoms with E-state index in [9.17, 15) is 10.5 Å². The summed E-state index contributed by atoms with van der Waals surface area (Å²) in [5.41, 5.74) is 2.82. The Morgan fingerprint density at radius 2 is 1.24 bits per heavy atom. The van der Waals surface area contributed by atoms with Gasteiger partial charge >= 0.3 is 0 Å². The molecule has 3 heteroatoms. The second-order valence-electron chi connectivity index (χ2n) is 5.11. The van der Waals surface area contributed by atoms with Crippen molar-refractivity contribution in [2.75, 3.05) is 19.0 Å². The summed E-state index contributed by atoms with van der Waals surface area (Å²) in [4.78, 5) is 2.00. The molecule has 0 fully saturated rings. The number of nitriles is 2. The molecule has 0 spiro atoms. The van der Waals surface area contributed by atoms with E-state index in [0.29, 0.717) is 0 Å². The summed E-state index contributed by atoms with van der Waals surface area (Å²) in [6.45, 7) is 0. The van der Waals surface area contributed by atoms with E-state index in [1.54, 1.807) is 0 Å². The van der Waals surface area contributed by atoms with E-state index in [1.165, 1.54) is 0 Å². The van der Waals surface area contributed by atoms with Crippen LogP contribution in [0.15, 0.2) is 54.6 Å². The van der Waals surface area contributed by atoms with Crippen molar-refractivity contribution in [3.8, 4) is 12.1 Å². The maximum absolute atomic E-state index is 9.51. The van der Waals surface area contributed by atoms with Crippen molar-refractivity contribution < 1.29 is 0 Å². The standard InChI is InChI=1S/C18H17N3/c1-21(2)16-10-8-15(9-11-16)18(13-20)17(12-19)14-6-4-3-5-7-14/h3-11,17-18H,1-2H3. The highest BCUT2D eigenvalue weighted by Gasteiger charge is 2.24. The molecule has 0 aliphatic carbocycles. The molecule has 0 aliphatic rings. The predicted molar refractivity (Wildman–Crippen MR) is 83.9 cm³/mol. The largest absolute Gasteiger partial charge is 0.378 e. The fraction of sp³-hybridized carbons (Fsp3) is 0.222. The quantitative estimate of drug-likeness (QED) is 0.855.